The fourth-order valence-corrected chi connectivity index (χ4v) is 8.11. The maximum Gasteiger partial charge on any atom is 0.273 e. The summed E-state index contributed by atoms with van der Waals surface area (Å²) in [4.78, 5) is 25.5. The molecule has 2 saturated heterocycles. The Labute approximate surface area is 217 Å². The van der Waals surface area contributed by atoms with Crippen molar-refractivity contribution < 1.29 is 17.9 Å². The van der Waals surface area contributed by atoms with Crippen LogP contribution in [0, 0.1) is 0 Å². The second-order valence-electron chi connectivity index (χ2n) is 8.95. The zero-order valence-corrected chi connectivity index (χ0v) is 22.0. The number of fused-ring (bicyclic) bond motifs is 2. The molecule has 0 radical (unpaired) electrons. The van der Waals surface area contributed by atoms with Crippen LogP contribution in [-0.2, 0) is 26.1 Å². The van der Waals surface area contributed by atoms with E-state index in [1.807, 2.05) is 29.3 Å². The molecule has 0 aliphatic carbocycles. The number of piperazine rings is 1. The highest BCUT2D eigenvalue weighted by atomic mass is 32.2. The first-order chi connectivity index (χ1) is 17.4. The highest BCUT2D eigenvalue weighted by Gasteiger charge is 2.34. The lowest BCUT2D eigenvalue weighted by Crippen LogP contribution is -2.59. The van der Waals surface area contributed by atoms with E-state index in [2.05, 4.69) is 14.9 Å². The smallest absolute Gasteiger partial charge is 0.273 e. The maximum atomic E-state index is 13.1. The molecule has 2 aliphatic heterocycles. The molecule has 1 N–H and O–H groups in total. The number of H-pyrrole nitrogens is 1. The number of carbonyl (C=O) groups is 1. The van der Waals surface area contributed by atoms with Crippen molar-refractivity contribution in [2.24, 2.45) is 0 Å². The Bertz CT molecular complexity index is 1510. The van der Waals surface area contributed by atoms with Crippen LogP contribution in [0.5, 0.6) is 0 Å². The zero-order valence-electron chi connectivity index (χ0n) is 19.6. The van der Waals surface area contributed by atoms with Gasteiger partial charge in [0.25, 0.3) is 10.0 Å². The topological polar surface area (TPSA) is 98.8 Å². The number of thiazole rings is 1. The highest BCUT2D eigenvalue weighted by Crippen LogP contribution is 2.35. The third-order valence-corrected chi connectivity index (χ3v) is 10.8. The van der Waals surface area contributed by atoms with Crippen LogP contribution in [0.2, 0.25) is 0 Å². The van der Waals surface area contributed by atoms with Gasteiger partial charge in [-0.3, -0.25) is 14.0 Å². The molecule has 0 spiro atoms. The van der Waals surface area contributed by atoms with Gasteiger partial charge in [0, 0.05) is 49.7 Å². The summed E-state index contributed by atoms with van der Waals surface area (Å²) in [6, 6.07) is 11.1. The van der Waals surface area contributed by atoms with Gasteiger partial charge in [0.15, 0.2) is 0 Å². The number of sulfonamides is 1. The summed E-state index contributed by atoms with van der Waals surface area (Å²) in [5.74, 6) is 0.0815. The molecule has 1 atom stereocenters. The number of aromatic amines is 1. The summed E-state index contributed by atoms with van der Waals surface area (Å²) < 4.78 is 33.3. The van der Waals surface area contributed by atoms with Crippen molar-refractivity contribution in [1.29, 1.82) is 0 Å². The van der Waals surface area contributed by atoms with E-state index in [1.54, 1.807) is 42.0 Å². The van der Waals surface area contributed by atoms with E-state index >= 15 is 0 Å². The Balaban J connectivity index is 1.22. The minimum Gasteiger partial charge on any atom is -0.369 e. The van der Waals surface area contributed by atoms with E-state index in [0.717, 1.165) is 52.7 Å². The third kappa shape index (κ3) is 4.22. The number of nitrogens with one attached hydrogen (secondary N) is 1. The van der Waals surface area contributed by atoms with Crippen LogP contribution in [0.15, 0.2) is 52.2 Å². The molecule has 4 aromatic rings. The molecule has 12 heteroatoms. The van der Waals surface area contributed by atoms with Crippen LogP contribution in [-0.4, -0.2) is 80.0 Å². The molecule has 2 aliphatic rings. The molecular weight excluding hydrogens is 518 g/mol. The number of benzene rings is 1. The Kier molecular flexibility index (Phi) is 6.08. The SMILES string of the molecule is CN(c1cccc2cc(-c3ncc(CN4CCN5C(=O)COCC5C4)s3)[nH]c12)S(=O)(=O)c1cccs1. The van der Waals surface area contributed by atoms with Crippen molar-refractivity contribution in [1.82, 2.24) is 19.8 Å². The number of amides is 1. The third-order valence-electron chi connectivity index (χ3n) is 6.67. The van der Waals surface area contributed by atoms with Gasteiger partial charge in [0.05, 0.1) is 29.5 Å². The summed E-state index contributed by atoms with van der Waals surface area (Å²) in [5.41, 5.74) is 2.20. The van der Waals surface area contributed by atoms with Gasteiger partial charge in [-0.15, -0.1) is 22.7 Å². The summed E-state index contributed by atoms with van der Waals surface area (Å²) in [6.45, 7) is 3.89. The number of hydrogen-bond donors (Lipinski definition) is 1. The zero-order chi connectivity index (χ0) is 24.9. The van der Waals surface area contributed by atoms with Crippen LogP contribution >= 0.6 is 22.7 Å². The van der Waals surface area contributed by atoms with Crippen molar-refractivity contribution in [2.45, 2.75) is 16.8 Å². The van der Waals surface area contributed by atoms with E-state index in [1.165, 1.54) is 15.6 Å². The molecule has 2 fully saturated rings. The van der Waals surface area contributed by atoms with Crippen LogP contribution in [0.4, 0.5) is 5.69 Å². The van der Waals surface area contributed by atoms with E-state index in [-0.39, 0.29) is 18.6 Å². The van der Waals surface area contributed by atoms with E-state index in [0.29, 0.717) is 16.5 Å². The van der Waals surface area contributed by atoms with Gasteiger partial charge in [-0.25, -0.2) is 13.4 Å². The van der Waals surface area contributed by atoms with Gasteiger partial charge in [0.1, 0.15) is 15.8 Å². The number of para-hydroxylation sites is 1. The van der Waals surface area contributed by atoms with E-state index in [4.69, 9.17) is 4.74 Å². The van der Waals surface area contributed by atoms with Crippen molar-refractivity contribution in [3.05, 3.63) is 52.9 Å². The fourth-order valence-electron chi connectivity index (χ4n) is 4.82. The molecule has 9 nitrogen and oxygen atoms in total. The molecule has 0 saturated carbocycles. The minimum atomic E-state index is -3.64. The van der Waals surface area contributed by atoms with Crippen molar-refractivity contribution in [3.63, 3.8) is 0 Å². The number of morpholine rings is 1. The number of ether oxygens (including phenoxy) is 1. The Morgan fingerprint density at radius 2 is 2.14 bits per heavy atom. The lowest BCUT2D eigenvalue weighted by Gasteiger charge is -2.43. The van der Waals surface area contributed by atoms with Gasteiger partial charge in [-0.2, -0.15) is 0 Å². The second-order valence-corrected chi connectivity index (χ2v) is 13.2. The number of hydrogen-bond acceptors (Lipinski definition) is 8. The van der Waals surface area contributed by atoms with Gasteiger partial charge in [-0.1, -0.05) is 18.2 Å². The molecule has 36 heavy (non-hydrogen) atoms. The molecule has 188 valence electrons. The first-order valence-electron chi connectivity index (χ1n) is 11.6. The number of aromatic nitrogens is 2. The summed E-state index contributed by atoms with van der Waals surface area (Å²) in [6.07, 6.45) is 1.90. The fraction of sp³-hybridized carbons (Fsp3) is 0.333. The number of thiophene rings is 1. The Morgan fingerprint density at radius 1 is 1.25 bits per heavy atom. The Hall–Kier alpha value is -2.77. The van der Waals surface area contributed by atoms with E-state index in [9.17, 15) is 13.2 Å². The lowest BCUT2D eigenvalue weighted by molar-refractivity contribution is -0.152. The van der Waals surface area contributed by atoms with Crippen LogP contribution in [0.25, 0.3) is 21.6 Å². The van der Waals surface area contributed by atoms with Crippen molar-refractivity contribution >= 4 is 55.2 Å². The first kappa shape index (κ1) is 23.6. The standard InChI is InChI=1S/C24H25N5O4S3/c1-27(36(31,32)22-6-3-9-34-22)20-5-2-4-16-10-19(26-23(16)20)24-25-11-18(35-24)13-28-7-8-29-17(12-28)14-33-15-21(29)30/h2-6,9-11,17,26H,7-8,12-15H2,1H3. The number of anilines is 1. The van der Waals surface area contributed by atoms with Gasteiger partial charge in [-0.05, 0) is 23.6 Å². The monoisotopic (exact) mass is 543 g/mol. The van der Waals surface area contributed by atoms with Crippen molar-refractivity contribution in [3.8, 4) is 10.7 Å². The molecule has 3 aromatic heterocycles. The number of carbonyl (C=O) groups excluding carboxylic acids is 1. The predicted molar refractivity (Wildman–Crippen MR) is 141 cm³/mol. The molecule has 6 rings (SSSR count). The average Bonchev–Trinajstić information content (AvgIpc) is 3.64. The quantitative estimate of drug-likeness (QED) is 0.401. The Morgan fingerprint density at radius 3 is 2.97 bits per heavy atom. The first-order valence-corrected chi connectivity index (χ1v) is 14.7. The van der Waals surface area contributed by atoms with Crippen LogP contribution in [0.3, 0.4) is 0 Å². The summed E-state index contributed by atoms with van der Waals surface area (Å²) >= 11 is 2.82. The second kappa shape index (κ2) is 9.27. The minimum absolute atomic E-state index is 0.0815. The average molecular weight is 544 g/mol. The van der Waals surface area contributed by atoms with Gasteiger partial charge < -0.3 is 14.6 Å². The summed E-state index contributed by atoms with van der Waals surface area (Å²) in [7, 11) is -2.06. The van der Waals surface area contributed by atoms with Crippen molar-refractivity contribution in [2.75, 3.05) is 44.2 Å². The number of rotatable bonds is 6. The molecular formula is C24H25N5O4S3. The molecule has 1 amide bonds. The maximum absolute atomic E-state index is 13.1. The van der Waals surface area contributed by atoms with Crippen LogP contribution in [0.1, 0.15) is 4.88 Å². The molecule has 1 aromatic carbocycles. The largest absolute Gasteiger partial charge is 0.369 e. The molecule has 1 unspecified atom stereocenters. The normalized spacial score (nSPS) is 19.1. The number of nitrogens with zero attached hydrogens (tertiary/aromatic N) is 4. The van der Waals surface area contributed by atoms with Crippen LogP contribution < -0.4 is 4.31 Å². The predicted octanol–water partition coefficient (Wildman–Crippen LogP) is 3.22. The highest BCUT2D eigenvalue weighted by molar-refractivity contribution is 7.94. The molecule has 0 bridgehead atoms. The van der Waals surface area contributed by atoms with Gasteiger partial charge in [0.2, 0.25) is 5.91 Å². The van der Waals surface area contributed by atoms with E-state index < -0.39 is 10.0 Å². The van der Waals surface area contributed by atoms with Gasteiger partial charge >= 0.3 is 0 Å². The summed E-state index contributed by atoms with van der Waals surface area (Å²) in [5, 5.41) is 3.53. The molecule has 5 heterocycles. The lowest BCUT2D eigenvalue weighted by atomic mass is 10.1.